The molecule has 0 aromatic carbocycles. The van der Waals surface area contributed by atoms with Crippen LogP contribution in [0.3, 0.4) is 0 Å². The summed E-state index contributed by atoms with van der Waals surface area (Å²) in [5.74, 6) is 0.849. The average Bonchev–Trinajstić information content (AvgIpc) is 1.90. The van der Waals surface area contributed by atoms with E-state index in [9.17, 15) is 0 Å². The van der Waals surface area contributed by atoms with Gasteiger partial charge in [-0.25, -0.2) is 0 Å². The summed E-state index contributed by atoms with van der Waals surface area (Å²) >= 11 is 0. The lowest BCUT2D eigenvalue weighted by molar-refractivity contribution is 0.579. The summed E-state index contributed by atoms with van der Waals surface area (Å²) in [7, 11) is 0. The van der Waals surface area contributed by atoms with Crippen molar-refractivity contribution < 1.29 is 0 Å². The SMILES string of the molecule is C/C=C(\CC)CCC(C)C. The van der Waals surface area contributed by atoms with Crippen molar-refractivity contribution >= 4 is 0 Å². The first kappa shape index (κ1) is 9.74. The summed E-state index contributed by atoms with van der Waals surface area (Å²) in [6, 6.07) is 0. The largest absolute Gasteiger partial charge is 0.0885 e. The van der Waals surface area contributed by atoms with Gasteiger partial charge in [0.15, 0.2) is 0 Å². The first-order chi connectivity index (χ1) is 4.70. The van der Waals surface area contributed by atoms with Crippen molar-refractivity contribution in [3.8, 4) is 0 Å². The van der Waals surface area contributed by atoms with E-state index in [1.54, 1.807) is 5.57 Å². The highest BCUT2D eigenvalue weighted by molar-refractivity contribution is 4.98. The minimum Gasteiger partial charge on any atom is -0.0885 e. The third-order valence-electron chi connectivity index (χ3n) is 1.91. The lowest BCUT2D eigenvalue weighted by atomic mass is 10.0. The van der Waals surface area contributed by atoms with Crippen LogP contribution in [-0.4, -0.2) is 0 Å². The van der Waals surface area contributed by atoms with Crippen LogP contribution in [0.1, 0.15) is 47.0 Å². The molecule has 0 aromatic rings. The zero-order chi connectivity index (χ0) is 7.98. The van der Waals surface area contributed by atoms with E-state index in [1.165, 1.54) is 19.3 Å². The summed E-state index contributed by atoms with van der Waals surface area (Å²) < 4.78 is 0. The Labute approximate surface area is 65.3 Å². The Hall–Kier alpha value is -0.260. The molecular weight excluding hydrogens is 120 g/mol. The molecule has 0 amide bonds. The highest BCUT2D eigenvalue weighted by Crippen LogP contribution is 2.13. The highest BCUT2D eigenvalue weighted by atomic mass is 14.0. The predicted octanol–water partition coefficient (Wildman–Crippen LogP) is 3.78. The fourth-order valence-electron chi connectivity index (χ4n) is 0.999. The molecule has 0 aliphatic heterocycles. The van der Waals surface area contributed by atoms with Crippen molar-refractivity contribution in [2.24, 2.45) is 5.92 Å². The van der Waals surface area contributed by atoms with Crippen molar-refractivity contribution in [1.82, 2.24) is 0 Å². The van der Waals surface area contributed by atoms with Gasteiger partial charge in [-0.3, -0.25) is 0 Å². The van der Waals surface area contributed by atoms with Crippen LogP contribution in [0, 0.1) is 5.92 Å². The van der Waals surface area contributed by atoms with Crippen molar-refractivity contribution in [3.63, 3.8) is 0 Å². The van der Waals surface area contributed by atoms with Gasteiger partial charge < -0.3 is 0 Å². The summed E-state index contributed by atoms with van der Waals surface area (Å²) in [5, 5.41) is 0. The molecule has 0 radical (unpaired) electrons. The molecule has 0 heterocycles. The molecule has 0 rings (SSSR count). The van der Waals surface area contributed by atoms with E-state index in [2.05, 4.69) is 33.8 Å². The quantitative estimate of drug-likeness (QED) is 0.521. The Bertz CT molecular complexity index is 98.6. The van der Waals surface area contributed by atoms with E-state index in [4.69, 9.17) is 0 Å². The van der Waals surface area contributed by atoms with Crippen LogP contribution >= 0.6 is 0 Å². The lowest BCUT2D eigenvalue weighted by Gasteiger charge is -2.05. The molecule has 0 aliphatic rings. The summed E-state index contributed by atoms with van der Waals surface area (Å²) in [4.78, 5) is 0. The van der Waals surface area contributed by atoms with Crippen molar-refractivity contribution in [2.75, 3.05) is 0 Å². The van der Waals surface area contributed by atoms with E-state index in [-0.39, 0.29) is 0 Å². The molecule has 0 heteroatoms. The standard InChI is InChI=1S/C10H20/c1-5-10(6-2)8-7-9(3)4/h5,9H,6-8H2,1-4H3/b10-5+. The summed E-state index contributed by atoms with van der Waals surface area (Å²) in [5.41, 5.74) is 1.61. The molecule has 0 saturated carbocycles. The minimum atomic E-state index is 0.849. The molecule has 0 aromatic heterocycles. The first-order valence-corrected chi connectivity index (χ1v) is 4.34. The molecule has 0 fully saturated rings. The van der Waals surface area contributed by atoms with E-state index in [0.717, 1.165) is 5.92 Å². The molecular formula is C10H20. The number of rotatable bonds is 4. The van der Waals surface area contributed by atoms with Gasteiger partial charge in [-0.05, 0) is 32.1 Å². The van der Waals surface area contributed by atoms with Gasteiger partial charge in [0.1, 0.15) is 0 Å². The maximum Gasteiger partial charge on any atom is -0.0318 e. The molecule has 0 spiro atoms. The molecule has 10 heavy (non-hydrogen) atoms. The average molecular weight is 140 g/mol. The molecule has 0 N–H and O–H groups in total. The summed E-state index contributed by atoms with van der Waals surface area (Å²) in [6.45, 7) is 8.93. The Balaban J connectivity index is 3.46. The van der Waals surface area contributed by atoms with Gasteiger partial charge in [0.2, 0.25) is 0 Å². The van der Waals surface area contributed by atoms with Gasteiger partial charge >= 0.3 is 0 Å². The molecule has 60 valence electrons. The molecule has 0 atom stereocenters. The highest BCUT2D eigenvalue weighted by Gasteiger charge is 1.95. The molecule has 0 unspecified atom stereocenters. The Morgan fingerprint density at radius 1 is 1.40 bits per heavy atom. The normalized spacial score (nSPS) is 12.7. The van der Waals surface area contributed by atoms with Crippen LogP contribution in [0.15, 0.2) is 11.6 Å². The molecule has 0 bridgehead atoms. The second-order valence-corrected chi connectivity index (χ2v) is 3.23. The molecule has 0 saturated heterocycles. The number of allylic oxidation sites excluding steroid dienone is 2. The zero-order valence-corrected chi connectivity index (χ0v) is 7.78. The van der Waals surface area contributed by atoms with Crippen LogP contribution in [0.25, 0.3) is 0 Å². The van der Waals surface area contributed by atoms with Crippen LogP contribution in [0.2, 0.25) is 0 Å². The summed E-state index contributed by atoms with van der Waals surface area (Å²) in [6.07, 6.45) is 6.11. The third-order valence-corrected chi connectivity index (χ3v) is 1.91. The van der Waals surface area contributed by atoms with Gasteiger partial charge in [0, 0.05) is 0 Å². The number of hydrogen-bond donors (Lipinski definition) is 0. The zero-order valence-electron chi connectivity index (χ0n) is 7.78. The maximum atomic E-state index is 2.28. The first-order valence-electron chi connectivity index (χ1n) is 4.34. The van der Waals surface area contributed by atoms with Gasteiger partial charge in [-0.2, -0.15) is 0 Å². The van der Waals surface area contributed by atoms with Crippen molar-refractivity contribution in [1.29, 1.82) is 0 Å². The fourth-order valence-corrected chi connectivity index (χ4v) is 0.999. The van der Waals surface area contributed by atoms with Crippen molar-refractivity contribution in [3.05, 3.63) is 11.6 Å². The Morgan fingerprint density at radius 3 is 2.30 bits per heavy atom. The van der Waals surface area contributed by atoms with Gasteiger partial charge in [0.25, 0.3) is 0 Å². The second-order valence-electron chi connectivity index (χ2n) is 3.23. The monoisotopic (exact) mass is 140 g/mol. The third kappa shape index (κ3) is 4.60. The second kappa shape index (κ2) is 5.52. The van der Waals surface area contributed by atoms with Gasteiger partial charge in [-0.15, -0.1) is 0 Å². The van der Waals surface area contributed by atoms with E-state index in [1.807, 2.05) is 0 Å². The van der Waals surface area contributed by atoms with E-state index >= 15 is 0 Å². The molecule has 0 nitrogen and oxygen atoms in total. The maximum absolute atomic E-state index is 2.28. The number of hydrogen-bond acceptors (Lipinski definition) is 0. The fraction of sp³-hybridized carbons (Fsp3) is 0.800. The Kier molecular flexibility index (Phi) is 5.38. The Morgan fingerprint density at radius 2 is 2.00 bits per heavy atom. The minimum absolute atomic E-state index is 0.849. The van der Waals surface area contributed by atoms with Gasteiger partial charge in [0.05, 0.1) is 0 Å². The lowest BCUT2D eigenvalue weighted by Crippen LogP contribution is -1.88. The van der Waals surface area contributed by atoms with E-state index < -0.39 is 0 Å². The smallest absolute Gasteiger partial charge is 0.0318 e. The topological polar surface area (TPSA) is 0 Å². The predicted molar refractivity (Wildman–Crippen MR) is 48.1 cm³/mol. The van der Waals surface area contributed by atoms with Crippen LogP contribution < -0.4 is 0 Å². The van der Waals surface area contributed by atoms with E-state index in [0.29, 0.717) is 0 Å². The van der Waals surface area contributed by atoms with Crippen LogP contribution in [0.4, 0.5) is 0 Å². The van der Waals surface area contributed by atoms with Crippen LogP contribution in [0.5, 0.6) is 0 Å². The molecule has 0 aliphatic carbocycles. The van der Waals surface area contributed by atoms with Gasteiger partial charge in [-0.1, -0.05) is 32.4 Å². The van der Waals surface area contributed by atoms with Crippen LogP contribution in [-0.2, 0) is 0 Å². The van der Waals surface area contributed by atoms with Crippen molar-refractivity contribution in [2.45, 2.75) is 47.0 Å².